The number of aromatic nitrogens is 1. The quantitative estimate of drug-likeness (QED) is 0.924. The van der Waals surface area contributed by atoms with E-state index >= 15 is 0 Å². The van der Waals surface area contributed by atoms with E-state index in [9.17, 15) is 9.59 Å². The van der Waals surface area contributed by atoms with Gasteiger partial charge < -0.3 is 5.11 Å². The number of nitrogens with zero attached hydrogens (tertiary/aromatic N) is 1. The van der Waals surface area contributed by atoms with Crippen LogP contribution in [0.1, 0.15) is 26.3 Å². The van der Waals surface area contributed by atoms with Crippen molar-refractivity contribution in [2.75, 3.05) is 0 Å². The Kier molecular flexibility index (Phi) is 3.52. The molecule has 0 aliphatic carbocycles. The van der Waals surface area contributed by atoms with Gasteiger partial charge in [-0.2, -0.15) is 0 Å². The zero-order chi connectivity index (χ0) is 13.3. The lowest BCUT2D eigenvalue weighted by molar-refractivity contribution is -0.138. The molecule has 18 heavy (non-hydrogen) atoms. The van der Waals surface area contributed by atoms with Crippen molar-refractivity contribution in [2.24, 2.45) is 5.92 Å². The highest BCUT2D eigenvalue weighted by Crippen LogP contribution is 2.26. The first kappa shape index (κ1) is 12.8. The van der Waals surface area contributed by atoms with Gasteiger partial charge in [0.05, 0.1) is 22.5 Å². The van der Waals surface area contributed by atoms with E-state index in [1.807, 2.05) is 32.0 Å². The third-order valence-corrected chi connectivity index (χ3v) is 4.15. The number of rotatable bonds is 4. The Bertz CT molecular complexity index is 626. The maximum absolute atomic E-state index is 12.2. The second kappa shape index (κ2) is 4.94. The van der Waals surface area contributed by atoms with E-state index in [-0.39, 0.29) is 23.9 Å². The number of hydrogen-bond acceptors (Lipinski definition) is 3. The molecule has 1 atom stereocenters. The van der Waals surface area contributed by atoms with Crippen LogP contribution in [0.3, 0.4) is 0 Å². The summed E-state index contributed by atoms with van der Waals surface area (Å²) in [7, 11) is 0. The summed E-state index contributed by atoms with van der Waals surface area (Å²) in [5, 5.41) is 9.61. The Balaban J connectivity index is 2.54. The van der Waals surface area contributed by atoms with Crippen molar-refractivity contribution < 1.29 is 9.90 Å². The molecule has 1 unspecified atom stereocenters. The Labute approximate surface area is 109 Å². The molecule has 0 aliphatic heterocycles. The van der Waals surface area contributed by atoms with Gasteiger partial charge in [-0.05, 0) is 18.1 Å². The fourth-order valence-electron chi connectivity index (χ4n) is 1.98. The number of benzene rings is 1. The number of carbonyl (C=O) groups is 1. The predicted octanol–water partition coefficient (Wildman–Crippen LogP) is 2.73. The van der Waals surface area contributed by atoms with Crippen molar-refractivity contribution in [3.05, 3.63) is 34.6 Å². The van der Waals surface area contributed by atoms with Crippen molar-refractivity contribution in [2.45, 2.75) is 26.3 Å². The lowest BCUT2D eigenvalue weighted by Gasteiger charge is -2.18. The van der Waals surface area contributed by atoms with Crippen molar-refractivity contribution in [3.8, 4) is 0 Å². The van der Waals surface area contributed by atoms with Gasteiger partial charge in [-0.25, -0.2) is 0 Å². The summed E-state index contributed by atoms with van der Waals surface area (Å²) >= 11 is 1.34. The van der Waals surface area contributed by atoms with Gasteiger partial charge in [-0.15, -0.1) is 0 Å². The molecule has 2 aromatic rings. The fourth-order valence-corrected chi connectivity index (χ4v) is 3.22. The predicted molar refractivity (Wildman–Crippen MR) is 72.2 cm³/mol. The number of carboxylic acids is 1. The van der Waals surface area contributed by atoms with Gasteiger partial charge >= 0.3 is 5.97 Å². The van der Waals surface area contributed by atoms with Crippen LogP contribution in [0.4, 0.5) is 0 Å². The van der Waals surface area contributed by atoms with E-state index in [1.165, 1.54) is 11.5 Å². The number of fused-ring (bicyclic) bond motifs is 1. The monoisotopic (exact) mass is 265 g/mol. The zero-order valence-electron chi connectivity index (χ0n) is 10.3. The molecule has 0 radical (unpaired) electrons. The van der Waals surface area contributed by atoms with Crippen LogP contribution in [0.25, 0.3) is 10.1 Å². The first-order valence-corrected chi connectivity index (χ1v) is 6.60. The van der Waals surface area contributed by atoms with E-state index in [1.54, 1.807) is 10.0 Å². The second-order valence-electron chi connectivity index (χ2n) is 4.63. The number of carboxylic acid groups (broad SMARTS) is 1. The molecule has 96 valence electrons. The molecular formula is C13H15NO3S. The van der Waals surface area contributed by atoms with E-state index in [4.69, 9.17) is 5.11 Å². The first-order valence-electron chi connectivity index (χ1n) is 5.83. The average Bonchev–Trinajstić information content (AvgIpc) is 2.64. The molecule has 1 heterocycles. The number of aliphatic carboxylic acids is 1. The Morgan fingerprint density at radius 2 is 2.06 bits per heavy atom. The van der Waals surface area contributed by atoms with Gasteiger partial charge in [0.15, 0.2) is 0 Å². The van der Waals surface area contributed by atoms with Crippen LogP contribution in [-0.2, 0) is 4.79 Å². The molecule has 0 aliphatic rings. The van der Waals surface area contributed by atoms with Crippen LogP contribution in [0.5, 0.6) is 0 Å². The third-order valence-electron chi connectivity index (χ3n) is 2.97. The Morgan fingerprint density at radius 1 is 1.39 bits per heavy atom. The van der Waals surface area contributed by atoms with E-state index in [2.05, 4.69) is 0 Å². The van der Waals surface area contributed by atoms with Crippen LogP contribution >= 0.6 is 11.5 Å². The van der Waals surface area contributed by atoms with Gasteiger partial charge in [-0.1, -0.05) is 37.5 Å². The van der Waals surface area contributed by atoms with Gasteiger partial charge in [0, 0.05) is 0 Å². The molecule has 0 saturated heterocycles. The zero-order valence-corrected chi connectivity index (χ0v) is 11.1. The maximum atomic E-state index is 12.2. The first-order chi connectivity index (χ1) is 8.50. The van der Waals surface area contributed by atoms with Crippen molar-refractivity contribution in [1.82, 2.24) is 3.96 Å². The summed E-state index contributed by atoms with van der Waals surface area (Å²) in [5.41, 5.74) is -0.0875. The molecule has 0 bridgehead atoms. The SMILES string of the molecule is CC(C)C(CC(=O)O)n1sc2ccccc2c1=O. The van der Waals surface area contributed by atoms with Gasteiger partial charge in [-0.3, -0.25) is 13.5 Å². The summed E-state index contributed by atoms with van der Waals surface area (Å²) < 4.78 is 2.50. The molecule has 0 amide bonds. The summed E-state index contributed by atoms with van der Waals surface area (Å²) in [4.78, 5) is 23.1. The molecule has 0 saturated carbocycles. The standard InChI is InChI=1S/C13H15NO3S/c1-8(2)10(7-12(15)16)14-13(17)9-5-3-4-6-11(9)18-14/h3-6,8,10H,7H2,1-2H3,(H,15,16). The summed E-state index contributed by atoms with van der Waals surface area (Å²) in [6.45, 7) is 3.87. The molecule has 0 spiro atoms. The molecule has 1 aromatic heterocycles. The van der Waals surface area contributed by atoms with E-state index < -0.39 is 5.97 Å². The second-order valence-corrected chi connectivity index (χ2v) is 5.64. The molecule has 1 N–H and O–H groups in total. The minimum atomic E-state index is -0.877. The third kappa shape index (κ3) is 2.31. The number of hydrogen-bond donors (Lipinski definition) is 1. The van der Waals surface area contributed by atoms with Crippen molar-refractivity contribution >= 4 is 27.6 Å². The fraction of sp³-hybridized carbons (Fsp3) is 0.385. The highest BCUT2D eigenvalue weighted by atomic mass is 32.1. The van der Waals surface area contributed by atoms with Gasteiger partial charge in [0.1, 0.15) is 0 Å². The largest absolute Gasteiger partial charge is 0.481 e. The Morgan fingerprint density at radius 3 is 2.61 bits per heavy atom. The summed E-state index contributed by atoms with van der Waals surface area (Å²) in [6.07, 6.45) is -0.0234. The maximum Gasteiger partial charge on any atom is 0.305 e. The van der Waals surface area contributed by atoms with Crippen LogP contribution < -0.4 is 5.56 Å². The average molecular weight is 265 g/mol. The molecule has 4 nitrogen and oxygen atoms in total. The lowest BCUT2D eigenvalue weighted by Crippen LogP contribution is -2.25. The highest BCUT2D eigenvalue weighted by Gasteiger charge is 2.22. The summed E-state index contributed by atoms with van der Waals surface area (Å²) in [6, 6.07) is 7.08. The minimum Gasteiger partial charge on any atom is -0.481 e. The molecule has 2 rings (SSSR count). The van der Waals surface area contributed by atoms with Crippen molar-refractivity contribution in [1.29, 1.82) is 0 Å². The molecule has 0 fully saturated rings. The van der Waals surface area contributed by atoms with Crippen LogP contribution in [0, 0.1) is 5.92 Å². The molecule has 5 heteroatoms. The minimum absolute atomic E-state index is 0.0234. The lowest BCUT2D eigenvalue weighted by atomic mass is 10.0. The topological polar surface area (TPSA) is 59.3 Å². The van der Waals surface area contributed by atoms with E-state index in [0.717, 1.165) is 4.70 Å². The van der Waals surface area contributed by atoms with Gasteiger partial charge in [0.2, 0.25) is 0 Å². The molecular weight excluding hydrogens is 250 g/mol. The van der Waals surface area contributed by atoms with Crippen LogP contribution in [0.15, 0.2) is 29.1 Å². The normalized spacial score (nSPS) is 13.1. The summed E-state index contributed by atoms with van der Waals surface area (Å²) in [5.74, 6) is -0.773. The van der Waals surface area contributed by atoms with E-state index in [0.29, 0.717) is 5.39 Å². The Hall–Kier alpha value is -1.62. The smallest absolute Gasteiger partial charge is 0.305 e. The van der Waals surface area contributed by atoms with Crippen LogP contribution in [0.2, 0.25) is 0 Å². The van der Waals surface area contributed by atoms with Gasteiger partial charge in [0.25, 0.3) is 5.56 Å². The van der Waals surface area contributed by atoms with Crippen LogP contribution in [-0.4, -0.2) is 15.0 Å². The molecule has 1 aromatic carbocycles. The van der Waals surface area contributed by atoms with Crippen molar-refractivity contribution in [3.63, 3.8) is 0 Å². The highest BCUT2D eigenvalue weighted by molar-refractivity contribution is 7.13.